The lowest BCUT2D eigenvalue weighted by Gasteiger charge is -2.59. The van der Waals surface area contributed by atoms with Crippen molar-refractivity contribution in [3.8, 4) is 0 Å². The van der Waals surface area contributed by atoms with Crippen molar-refractivity contribution < 1.29 is 28.4 Å². The van der Waals surface area contributed by atoms with Crippen LogP contribution in [0.4, 0.5) is 9.18 Å². The zero-order chi connectivity index (χ0) is 35.2. The molecule has 5 rings (SSSR count). The number of piperidine rings is 2. The van der Waals surface area contributed by atoms with Gasteiger partial charge in [-0.3, -0.25) is 29.4 Å². The lowest BCUT2D eigenvalue weighted by atomic mass is 9.77. The second-order valence-electron chi connectivity index (χ2n) is 14.8. The molecule has 10 unspecified atom stereocenters. The van der Waals surface area contributed by atoms with Gasteiger partial charge in [-0.1, -0.05) is 20.4 Å². The molecule has 5 aliphatic heterocycles. The molecule has 0 radical (unpaired) electrons. The fourth-order valence-corrected chi connectivity index (χ4v) is 8.54. The maximum absolute atomic E-state index is 16.4. The van der Waals surface area contributed by atoms with Gasteiger partial charge in [0.25, 0.3) is 0 Å². The first-order valence-corrected chi connectivity index (χ1v) is 17.4. The summed E-state index contributed by atoms with van der Waals surface area (Å²) in [6, 6.07) is -4.19. The SMILES string of the molecule is C=CC(=O)N1C[C@H](C)N(C2NC(=O)N3C4NC(CN(C)C(=O)C(C)NC(=O)C(C)NC(=O)C5CCNC(C(C)C)C53)C(F)CC42)C[C@H]1C. The van der Waals surface area contributed by atoms with E-state index in [1.807, 2.05) is 27.7 Å². The molecule has 2 bridgehead atoms. The van der Waals surface area contributed by atoms with Gasteiger partial charge < -0.3 is 36.0 Å². The maximum Gasteiger partial charge on any atom is 0.320 e. The Morgan fingerprint density at radius 3 is 2.29 bits per heavy atom. The highest BCUT2D eigenvalue weighted by Crippen LogP contribution is 2.39. The molecule has 48 heavy (non-hydrogen) atoms. The topological polar surface area (TPSA) is 158 Å². The van der Waals surface area contributed by atoms with Gasteiger partial charge in [0.15, 0.2) is 0 Å². The molecule has 0 aromatic heterocycles. The second kappa shape index (κ2) is 14.3. The minimum absolute atomic E-state index is 0.0199. The van der Waals surface area contributed by atoms with E-state index in [1.54, 1.807) is 30.7 Å². The van der Waals surface area contributed by atoms with Crippen LogP contribution in [0, 0.1) is 17.8 Å². The molecule has 268 valence electrons. The van der Waals surface area contributed by atoms with E-state index < -0.39 is 66.3 Å². The third kappa shape index (κ3) is 6.77. The van der Waals surface area contributed by atoms with Gasteiger partial charge in [0.2, 0.25) is 23.6 Å². The second-order valence-corrected chi connectivity index (χ2v) is 14.8. The highest BCUT2D eigenvalue weighted by Gasteiger charge is 2.56. The molecule has 6 amide bonds. The Morgan fingerprint density at radius 2 is 1.62 bits per heavy atom. The first-order valence-electron chi connectivity index (χ1n) is 17.4. The fraction of sp³-hybridized carbons (Fsp3) is 0.788. The van der Waals surface area contributed by atoms with Crippen molar-refractivity contribution in [3.63, 3.8) is 0 Å². The van der Waals surface area contributed by atoms with Gasteiger partial charge in [0.1, 0.15) is 18.3 Å². The Balaban J connectivity index is 1.57. The largest absolute Gasteiger partial charge is 0.344 e. The summed E-state index contributed by atoms with van der Waals surface area (Å²) in [5.41, 5.74) is 0. The fourth-order valence-electron chi connectivity index (χ4n) is 8.54. The molecule has 5 saturated heterocycles. The lowest BCUT2D eigenvalue weighted by Crippen LogP contribution is -2.80. The molecule has 5 heterocycles. The van der Waals surface area contributed by atoms with Crippen molar-refractivity contribution in [1.82, 2.24) is 46.2 Å². The number of alkyl halides is 1. The first kappa shape index (κ1) is 36.0. The molecule has 0 spiro atoms. The summed E-state index contributed by atoms with van der Waals surface area (Å²) in [7, 11) is 1.58. The Hall–Kier alpha value is -3.30. The minimum atomic E-state index is -1.36. The van der Waals surface area contributed by atoms with E-state index in [-0.39, 0.29) is 54.9 Å². The number of rotatable bonds is 3. The average Bonchev–Trinajstić information content (AvgIpc) is 3.04. The number of urea groups is 1. The van der Waals surface area contributed by atoms with E-state index in [0.717, 1.165) is 0 Å². The predicted molar refractivity (Wildman–Crippen MR) is 177 cm³/mol. The number of amides is 6. The number of hydrogen-bond acceptors (Lipinski definition) is 8. The van der Waals surface area contributed by atoms with Crippen LogP contribution in [0.2, 0.25) is 0 Å². The maximum atomic E-state index is 16.4. The van der Waals surface area contributed by atoms with Crippen molar-refractivity contribution >= 4 is 29.7 Å². The van der Waals surface area contributed by atoms with Crippen LogP contribution >= 0.6 is 0 Å². The summed E-state index contributed by atoms with van der Waals surface area (Å²) in [6.07, 6.45) is -0.734. The summed E-state index contributed by atoms with van der Waals surface area (Å²) in [5.74, 6) is -2.46. The first-order chi connectivity index (χ1) is 22.6. The smallest absolute Gasteiger partial charge is 0.320 e. The van der Waals surface area contributed by atoms with E-state index in [9.17, 15) is 24.0 Å². The zero-order valence-corrected chi connectivity index (χ0v) is 29.2. The molecule has 12 atom stereocenters. The van der Waals surface area contributed by atoms with E-state index in [0.29, 0.717) is 26.1 Å². The van der Waals surface area contributed by atoms with Gasteiger partial charge in [-0.2, -0.15) is 0 Å². The Labute approximate surface area is 282 Å². The van der Waals surface area contributed by atoms with Crippen LogP contribution in [0.3, 0.4) is 0 Å². The van der Waals surface area contributed by atoms with Gasteiger partial charge >= 0.3 is 6.03 Å². The Morgan fingerprint density at radius 1 is 0.938 bits per heavy atom. The average molecular weight is 676 g/mol. The number of halogens is 1. The van der Waals surface area contributed by atoms with E-state index in [1.165, 1.54) is 11.0 Å². The van der Waals surface area contributed by atoms with Crippen molar-refractivity contribution in [1.29, 1.82) is 0 Å². The van der Waals surface area contributed by atoms with Crippen molar-refractivity contribution in [3.05, 3.63) is 12.7 Å². The number of piperazine rings is 1. The van der Waals surface area contributed by atoms with Crippen LogP contribution in [0.25, 0.3) is 0 Å². The van der Waals surface area contributed by atoms with Crippen molar-refractivity contribution in [2.45, 2.75) is 115 Å². The number of nitrogens with one attached hydrogen (secondary N) is 5. The van der Waals surface area contributed by atoms with E-state index >= 15 is 4.39 Å². The molecule has 5 aliphatic rings. The monoisotopic (exact) mass is 675 g/mol. The third-order valence-corrected chi connectivity index (χ3v) is 11.1. The Bertz CT molecular complexity index is 1290. The summed E-state index contributed by atoms with van der Waals surface area (Å²) >= 11 is 0. The Kier molecular flexibility index (Phi) is 10.7. The number of nitrogens with zero attached hydrogens (tertiary/aromatic N) is 4. The van der Waals surface area contributed by atoms with Gasteiger partial charge in [-0.05, 0) is 59.1 Å². The van der Waals surface area contributed by atoms with Gasteiger partial charge in [-0.15, -0.1) is 0 Å². The standard InChI is InChI=1S/C33H54FN9O5/c1-9-25(44)41-13-18(5)42(14-17(41)4)28-22-12-23(34)24-15-40(8)32(47)20(7)37-30(45)19(6)36-31(46)21-10-11-35-26(16(2)3)27(21)43(29(22)38-24)33(48)39-28/h9,16-24,26-29,35,38H,1,10-15H2,2-8H3,(H,36,46)(H,37,45)(H,39,48)/t17-,18+,19?,20?,21?,22?,23?,24?,26?,27?,28?,29?/m1/s1. The highest BCUT2D eigenvalue weighted by molar-refractivity contribution is 5.92. The normalized spacial score (nSPS) is 40.2. The highest BCUT2D eigenvalue weighted by atomic mass is 19.1. The van der Waals surface area contributed by atoms with Crippen molar-refractivity contribution in [2.24, 2.45) is 17.8 Å². The van der Waals surface area contributed by atoms with Gasteiger partial charge in [0, 0.05) is 50.7 Å². The molecule has 14 nitrogen and oxygen atoms in total. The van der Waals surface area contributed by atoms with E-state index in [2.05, 4.69) is 38.1 Å². The van der Waals surface area contributed by atoms with Crippen LogP contribution < -0.4 is 26.6 Å². The van der Waals surface area contributed by atoms with Crippen molar-refractivity contribution in [2.75, 3.05) is 33.2 Å². The minimum Gasteiger partial charge on any atom is -0.344 e. The van der Waals surface area contributed by atoms with Crippen LogP contribution in [0.5, 0.6) is 0 Å². The quantitative estimate of drug-likeness (QED) is 0.252. The summed E-state index contributed by atoms with van der Waals surface area (Å²) in [4.78, 5) is 74.6. The molecule has 5 fully saturated rings. The summed E-state index contributed by atoms with van der Waals surface area (Å²) in [5, 5.41) is 15.8. The third-order valence-electron chi connectivity index (χ3n) is 11.1. The van der Waals surface area contributed by atoms with Crippen LogP contribution in [-0.4, -0.2) is 143 Å². The number of likely N-dealkylation sites (N-methyl/N-ethyl adjacent to an activating group) is 1. The summed E-state index contributed by atoms with van der Waals surface area (Å²) < 4.78 is 16.4. The van der Waals surface area contributed by atoms with Gasteiger partial charge in [0.05, 0.1) is 30.3 Å². The van der Waals surface area contributed by atoms with Crippen LogP contribution in [0.1, 0.15) is 54.4 Å². The molecular formula is C33H54FN9O5. The molecule has 0 aromatic carbocycles. The summed E-state index contributed by atoms with van der Waals surface area (Å²) in [6.45, 7) is 16.3. The number of hydrogen-bond donors (Lipinski definition) is 5. The molecule has 0 saturated carbocycles. The van der Waals surface area contributed by atoms with Gasteiger partial charge in [-0.25, -0.2) is 9.18 Å². The molecule has 0 aromatic rings. The van der Waals surface area contributed by atoms with Crippen LogP contribution in [-0.2, 0) is 19.2 Å². The molecule has 0 aliphatic carbocycles. The predicted octanol–water partition coefficient (Wildman–Crippen LogP) is -0.429. The van der Waals surface area contributed by atoms with Crippen LogP contribution in [0.15, 0.2) is 12.7 Å². The molecule has 15 heteroatoms. The number of carbonyl (C=O) groups is 5. The van der Waals surface area contributed by atoms with E-state index in [4.69, 9.17) is 0 Å². The number of carbonyl (C=O) groups excluding carboxylic acids is 5. The lowest BCUT2D eigenvalue weighted by molar-refractivity contribution is -0.139. The number of fused-ring (bicyclic) bond motifs is 3. The zero-order valence-electron chi connectivity index (χ0n) is 29.2. The molecule has 5 N–H and O–H groups in total. The molecular weight excluding hydrogens is 621 g/mol.